The van der Waals surface area contributed by atoms with Crippen molar-refractivity contribution < 1.29 is 4.39 Å². The van der Waals surface area contributed by atoms with Gasteiger partial charge < -0.3 is 0 Å². The molecule has 2 heteroatoms. The molecule has 0 saturated heterocycles. The summed E-state index contributed by atoms with van der Waals surface area (Å²) in [6.07, 6.45) is 4.56. The lowest BCUT2D eigenvalue weighted by atomic mass is 9.95. The Kier molecular flexibility index (Phi) is 3.30. The van der Waals surface area contributed by atoms with Crippen LogP contribution < -0.4 is 0 Å². The van der Waals surface area contributed by atoms with Gasteiger partial charge in [0.15, 0.2) is 0 Å². The molecule has 0 aliphatic heterocycles. The van der Waals surface area contributed by atoms with Crippen molar-refractivity contribution in [1.82, 2.24) is 4.98 Å². The fourth-order valence-electron chi connectivity index (χ4n) is 1.76. The van der Waals surface area contributed by atoms with Crippen molar-refractivity contribution in [3.63, 3.8) is 0 Å². The van der Waals surface area contributed by atoms with E-state index in [0.29, 0.717) is 5.92 Å². The molecular weight excluding hydrogens is 201 g/mol. The highest BCUT2D eigenvalue weighted by atomic mass is 19.1. The zero-order valence-corrected chi connectivity index (χ0v) is 9.23. The SMILES string of the molecule is CC(Cc1ccc(F)cc1)c1cccnc1. The maximum absolute atomic E-state index is 12.7. The summed E-state index contributed by atoms with van der Waals surface area (Å²) in [6.45, 7) is 2.15. The van der Waals surface area contributed by atoms with Crippen molar-refractivity contribution in [1.29, 1.82) is 0 Å². The van der Waals surface area contributed by atoms with E-state index < -0.39 is 0 Å². The van der Waals surface area contributed by atoms with Gasteiger partial charge in [-0.15, -0.1) is 0 Å². The first-order chi connectivity index (χ1) is 7.75. The summed E-state index contributed by atoms with van der Waals surface area (Å²) < 4.78 is 12.7. The first-order valence-corrected chi connectivity index (χ1v) is 5.40. The molecule has 0 aliphatic rings. The van der Waals surface area contributed by atoms with E-state index in [0.717, 1.165) is 12.0 Å². The molecule has 0 fully saturated rings. The summed E-state index contributed by atoms with van der Waals surface area (Å²) in [5.74, 6) is 0.219. The van der Waals surface area contributed by atoms with Gasteiger partial charge in [0.1, 0.15) is 5.82 Å². The second-order valence-electron chi connectivity index (χ2n) is 4.02. The normalized spacial score (nSPS) is 12.4. The molecule has 0 spiro atoms. The topological polar surface area (TPSA) is 12.9 Å². The largest absolute Gasteiger partial charge is 0.264 e. The highest BCUT2D eigenvalue weighted by Crippen LogP contribution is 2.19. The first kappa shape index (κ1) is 10.8. The van der Waals surface area contributed by atoms with Crippen LogP contribution in [0, 0.1) is 5.82 Å². The Morgan fingerprint density at radius 3 is 2.56 bits per heavy atom. The fourth-order valence-corrected chi connectivity index (χ4v) is 1.76. The van der Waals surface area contributed by atoms with Gasteiger partial charge in [0.2, 0.25) is 0 Å². The third-order valence-corrected chi connectivity index (χ3v) is 2.71. The van der Waals surface area contributed by atoms with Crippen LogP contribution in [0.15, 0.2) is 48.8 Å². The second-order valence-corrected chi connectivity index (χ2v) is 4.02. The number of rotatable bonds is 3. The average Bonchev–Trinajstić information content (AvgIpc) is 2.33. The third-order valence-electron chi connectivity index (χ3n) is 2.71. The van der Waals surface area contributed by atoms with Crippen LogP contribution in [0.25, 0.3) is 0 Å². The van der Waals surface area contributed by atoms with Crippen molar-refractivity contribution in [2.45, 2.75) is 19.3 Å². The lowest BCUT2D eigenvalue weighted by Gasteiger charge is -2.11. The van der Waals surface area contributed by atoms with E-state index in [-0.39, 0.29) is 5.82 Å². The highest BCUT2D eigenvalue weighted by Gasteiger charge is 2.06. The van der Waals surface area contributed by atoms with Gasteiger partial charge in [0, 0.05) is 12.4 Å². The second kappa shape index (κ2) is 4.88. The maximum Gasteiger partial charge on any atom is 0.123 e. The van der Waals surface area contributed by atoms with E-state index in [1.165, 1.54) is 17.7 Å². The Morgan fingerprint density at radius 2 is 1.94 bits per heavy atom. The van der Waals surface area contributed by atoms with E-state index >= 15 is 0 Å². The fraction of sp³-hybridized carbons (Fsp3) is 0.214. The molecule has 2 rings (SSSR count). The Labute approximate surface area is 95.0 Å². The van der Waals surface area contributed by atoms with Crippen LogP contribution in [0.1, 0.15) is 24.0 Å². The number of hydrogen-bond donors (Lipinski definition) is 0. The lowest BCUT2D eigenvalue weighted by Crippen LogP contribution is -1.98. The Balaban J connectivity index is 2.08. The van der Waals surface area contributed by atoms with Crippen molar-refractivity contribution in [2.75, 3.05) is 0 Å². The van der Waals surface area contributed by atoms with Crippen molar-refractivity contribution >= 4 is 0 Å². The minimum absolute atomic E-state index is 0.183. The summed E-state index contributed by atoms with van der Waals surface area (Å²) in [5.41, 5.74) is 2.37. The number of benzene rings is 1. The number of hydrogen-bond acceptors (Lipinski definition) is 1. The van der Waals surface area contributed by atoms with Crippen LogP contribution in [0.3, 0.4) is 0 Å². The van der Waals surface area contributed by atoms with Crippen LogP contribution in [-0.4, -0.2) is 4.98 Å². The molecule has 2 aromatic rings. The molecule has 0 radical (unpaired) electrons. The molecule has 0 bridgehead atoms. The standard InChI is InChI=1S/C14H14FN/c1-11(13-3-2-8-16-10-13)9-12-4-6-14(15)7-5-12/h2-8,10-11H,9H2,1H3. The van der Waals surface area contributed by atoms with Gasteiger partial charge in [-0.2, -0.15) is 0 Å². The van der Waals surface area contributed by atoms with Gasteiger partial charge in [0.05, 0.1) is 0 Å². The zero-order chi connectivity index (χ0) is 11.4. The van der Waals surface area contributed by atoms with E-state index in [9.17, 15) is 4.39 Å². The van der Waals surface area contributed by atoms with E-state index in [2.05, 4.69) is 18.0 Å². The molecule has 1 heterocycles. The Morgan fingerprint density at radius 1 is 1.19 bits per heavy atom. The number of aromatic nitrogens is 1. The molecule has 1 nitrogen and oxygen atoms in total. The van der Waals surface area contributed by atoms with Gasteiger partial charge in [-0.3, -0.25) is 4.98 Å². The van der Waals surface area contributed by atoms with Crippen LogP contribution in [0.5, 0.6) is 0 Å². The van der Waals surface area contributed by atoms with Crippen molar-refractivity contribution in [3.05, 3.63) is 65.7 Å². The molecule has 1 aromatic heterocycles. The van der Waals surface area contributed by atoms with Crippen LogP contribution in [0.4, 0.5) is 4.39 Å². The van der Waals surface area contributed by atoms with Crippen LogP contribution in [-0.2, 0) is 6.42 Å². The van der Waals surface area contributed by atoms with Gasteiger partial charge in [0.25, 0.3) is 0 Å². The van der Waals surface area contributed by atoms with Gasteiger partial charge in [-0.1, -0.05) is 25.1 Å². The minimum Gasteiger partial charge on any atom is -0.264 e. The molecule has 1 aromatic carbocycles. The van der Waals surface area contributed by atoms with Crippen LogP contribution >= 0.6 is 0 Å². The van der Waals surface area contributed by atoms with E-state index in [1.54, 1.807) is 6.20 Å². The molecule has 1 atom stereocenters. The van der Waals surface area contributed by atoms with Crippen molar-refractivity contribution in [3.8, 4) is 0 Å². The van der Waals surface area contributed by atoms with Gasteiger partial charge >= 0.3 is 0 Å². The molecular formula is C14H14FN. The summed E-state index contributed by atoms with van der Waals surface area (Å²) in [7, 11) is 0. The van der Waals surface area contributed by atoms with Crippen molar-refractivity contribution in [2.24, 2.45) is 0 Å². The smallest absolute Gasteiger partial charge is 0.123 e. The first-order valence-electron chi connectivity index (χ1n) is 5.40. The number of nitrogens with zero attached hydrogens (tertiary/aromatic N) is 1. The summed E-state index contributed by atoms with van der Waals surface area (Å²) >= 11 is 0. The predicted octanol–water partition coefficient (Wildman–Crippen LogP) is 3.57. The lowest BCUT2D eigenvalue weighted by molar-refractivity contribution is 0.626. The third kappa shape index (κ3) is 2.66. The average molecular weight is 215 g/mol. The summed E-state index contributed by atoms with van der Waals surface area (Å²) in [6, 6.07) is 10.7. The minimum atomic E-state index is -0.183. The Hall–Kier alpha value is -1.70. The quantitative estimate of drug-likeness (QED) is 0.762. The monoisotopic (exact) mass is 215 g/mol. The molecule has 0 amide bonds. The molecule has 1 unspecified atom stereocenters. The molecule has 16 heavy (non-hydrogen) atoms. The highest BCUT2D eigenvalue weighted by molar-refractivity contribution is 5.21. The molecule has 0 aliphatic carbocycles. The Bertz CT molecular complexity index is 436. The van der Waals surface area contributed by atoms with Gasteiger partial charge in [-0.05, 0) is 41.7 Å². The molecule has 0 saturated carbocycles. The van der Waals surface area contributed by atoms with Crippen LogP contribution in [0.2, 0.25) is 0 Å². The van der Waals surface area contributed by atoms with Gasteiger partial charge in [-0.25, -0.2) is 4.39 Å². The summed E-state index contributed by atoms with van der Waals surface area (Å²) in [4.78, 5) is 4.10. The maximum atomic E-state index is 12.7. The molecule has 0 N–H and O–H groups in total. The predicted molar refractivity (Wildman–Crippen MR) is 62.8 cm³/mol. The number of halogens is 1. The van der Waals surface area contributed by atoms with E-state index in [4.69, 9.17) is 0 Å². The summed E-state index contributed by atoms with van der Waals surface area (Å²) in [5, 5.41) is 0. The molecule has 82 valence electrons. The van der Waals surface area contributed by atoms with E-state index in [1.807, 2.05) is 24.4 Å². The number of pyridine rings is 1. The zero-order valence-electron chi connectivity index (χ0n) is 9.23.